The number of hydrogen-bond acceptors (Lipinski definition) is 48. The van der Waals surface area contributed by atoms with E-state index in [0.29, 0.717) is 0 Å². The summed E-state index contributed by atoms with van der Waals surface area (Å²) in [5, 5.41) is 0. The van der Waals surface area contributed by atoms with Crippen LogP contribution in [-0.4, -0.2) is 339 Å². The summed E-state index contributed by atoms with van der Waals surface area (Å²) >= 11 is 0. The fraction of sp³-hybridized carbons (Fsp3) is 0. The van der Waals surface area contributed by atoms with Crippen molar-refractivity contribution < 1.29 is 230 Å². The van der Waals surface area contributed by atoms with Gasteiger partial charge in [0.2, 0.25) is 0 Å². The van der Waals surface area contributed by atoms with Crippen molar-refractivity contribution in [2.45, 2.75) is 0 Å². The van der Waals surface area contributed by atoms with Gasteiger partial charge in [0.15, 0.2) is 0 Å². The molecule has 0 bridgehead atoms. The fourth-order valence-electron chi connectivity index (χ4n) is 0. The minimum absolute atomic E-state index is 4.61. The van der Waals surface area contributed by atoms with Gasteiger partial charge in [-0.2, -0.15) is 0 Å². The summed E-state index contributed by atoms with van der Waals surface area (Å²) in [6.45, 7) is 0. The molecule has 0 rings (SSSR count). The van der Waals surface area contributed by atoms with Gasteiger partial charge in [-0.1, -0.05) is 0 Å². The van der Waals surface area contributed by atoms with Gasteiger partial charge in [-0.3, -0.25) is 0 Å². The minimum atomic E-state index is -4.61. The summed E-state index contributed by atoms with van der Waals surface area (Å²) in [6, 6.07) is 0. The largest absolute Gasteiger partial charge is 0.668 e. The molecule has 0 saturated heterocycles. The molecule has 0 aliphatic rings. The molecule has 0 aromatic carbocycles. The number of rotatable bonds is 0. The smallest absolute Gasteiger partial charge is 0.368 e. The molecule has 60 heteroatoms. The van der Waals surface area contributed by atoms with Crippen molar-refractivity contribution in [1.82, 2.24) is 0 Å². The van der Waals surface area contributed by atoms with Gasteiger partial charge < -0.3 is 230 Å². The standard InChI is InChI=1S/12H4O4Si/c12*1-5(2,3)4/h12*1-4H. The lowest BCUT2D eigenvalue weighted by Crippen LogP contribution is -2.33. The van der Waals surface area contributed by atoms with E-state index >= 15 is 0 Å². The molecule has 48 N–H and O–H groups in total. The van der Waals surface area contributed by atoms with Crippen LogP contribution in [0.25, 0.3) is 0 Å². The van der Waals surface area contributed by atoms with E-state index in [4.69, 9.17) is 230 Å². The molecule has 0 aliphatic carbocycles. The molecule has 0 saturated carbocycles. The molecule has 0 amide bonds. The lowest BCUT2D eigenvalue weighted by molar-refractivity contribution is 0.115. The molecular formula is H48O48Si12. The van der Waals surface area contributed by atoms with Crippen LogP contribution < -0.4 is 0 Å². The lowest BCUT2D eigenvalue weighted by Gasteiger charge is -1.91. The van der Waals surface area contributed by atoms with E-state index in [9.17, 15) is 0 Å². The summed E-state index contributed by atoms with van der Waals surface area (Å²) < 4.78 is 0. The molecule has 0 spiro atoms. The molecule has 60 heavy (non-hydrogen) atoms. The van der Waals surface area contributed by atoms with Gasteiger partial charge in [0, 0.05) is 0 Å². The highest BCUT2D eigenvalue weighted by Gasteiger charge is 2.26. The van der Waals surface area contributed by atoms with Crippen LogP contribution in [0.4, 0.5) is 0 Å². The summed E-state index contributed by atoms with van der Waals surface area (Å²) in [5.74, 6) is 0. The van der Waals surface area contributed by atoms with Crippen LogP contribution in [0.5, 0.6) is 0 Å². The first-order valence-corrected chi connectivity index (χ1v) is 32.2. The highest BCUT2D eigenvalue weighted by Crippen LogP contribution is 1.72. The van der Waals surface area contributed by atoms with E-state index in [-0.39, 0.29) is 0 Å². The first kappa shape index (κ1) is 91.2. The zero-order chi connectivity index (χ0) is 54.0. The number of hydrogen-bond donors (Lipinski definition) is 48. The predicted molar refractivity (Wildman–Crippen MR) is 176 cm³/mol. The average Bonchev–Trinajstić information content (AvgIpc) is 2.48. The van der Waals surface area contributed by atoms with Crippen molar-refractivity contribution in [2.75, 3.05) is 0 Å². The Morgan fingerprint density at radius 2 is 0.0667 bits per heavy atom. The van der Waals surface area contributed by atoms with Crippen LogP contribution in [0.1, 0.15) is 0 Å². The molecule has 0 radical (unpaired) electrons. The van der Waals surface area contributed by atoms with Crippen LogP contribution in [0.3, 0.4) is 0 Å². The molecule has 384 valence electrons. The Labute approximate surface area is 338 Å². The Balaban J connectivity index is -0.0000000419. The van der Waals surface area contributed by atoms with E-state index in [0.717, 1.165) is 0 Å². The van der Waals surface area contributed by atoms with Crippen molar-refractivity contribution in [2.24, 2.45) is 0 Å². The van der Waals surface area contributed by atoms with Crippen LogP contribution in [-0.2, 0) is 0 Å². The summed E-state index contributed by atoms with van der Waals surface area (Å²) in [6.07, 6.45) is 0. The van der Waals surface area contributed by atoms with E-state index < -0.39 is 109 Å². The van der Waals surface area contributed by atoms with E-state index in [1.54, 1.807) is 0 Å². The highest BCUT2D eigenvalue weighted by atomic mass is 28.4. The molecule has 0 aromatic heterocycles. The van der Waals surface area contributed by atoms with Gasteiger partial charge in [-0.05, 0) is 0 Å². The Hall–Kier alpha value is 0.683. The zero-order valence-corrected chi connectivity index (χ0v) is 39.5. The quantitative estimate of drug-likeness (QED) is 0.100. The summed E-state index contributed by atoms with van der Waals surface area (Å²) in [5.41, 5.74) is 0. The maximum Gasteiger partial charge on any atom is 0.668 e. The molecule has 0 heterocycles. The SMILES string of the molecule is O[Si](O)(O)O.O[Si](O)(O)O.O[Si](O)(O)O.O[Si](O)(O)O.O[Si](O)(O)O.O[Si](O)(O)O.O[Si](O)(O)O.O[Si](O)(O)O.O[Si](O)(O)O.O[Si](O)(O)O.O[Si](O)(O)O.O[Si](O)(O)O. The Bertz CT molecular complexity index is 488. The molecule has 0 atom stereocenters. The molecular weight excluding hydrogens is 1100 g/mol. The topological polar surface area (TPSA) is 971 Å². The van der Waals surface area contributed by atoms with Crippen LogP contribution in [0.15, 0.2) is 0 Å². The molecule has 0 aromatic rings. The van der Waals surface area contributed by atoms with Crippen LogP contribution in [0.2, 0.25) is 0 Å². The first-order chi connectivity index (χ1) is 24.0. The third-order valence-electron chi connectivity index (χ3n) is 0. The predicted octanol–water partition coefficient (Wildman–Crippen LogP) is -31.3. The summed E-state index contributed by atoms with van der Waals surface area (Å²) in [4.78, 5) is 352. The third-order valence-corrected chi connectivity index (χ3v) is 0. The van der Waals surface area contributed by atoms with Crippen molar-refractivity contribution in [3.8, 4) is 0 Å². The van der Waals surface area contributed by atoms with E-state index in [2.05, 4.69) is 0 Å². The van der Waals surface area contributed by atoms with Crippen molar-refractivity contribution in [3.63, 3.8) is 0 Å². The molecule has 0 aliphatic heterocycles. The second-order valence-electron chi connectivity index (χ2n) is 7.20. The first-order valence-electron chi connectivity index (χ1n) is 10.7. The average molecular weight is 1150 g/mol. The lowest BCUT2D eigenvalue weighted by atomic mass is 15.7. The van der Waals surface area contributed by atoms with Gasteiger partial charge in [0.05, 0.1) is 0 Å². The Morgan fingerprint density at radius 1 is 0.0667 bits per heavy atom. The maximum atomic E-state index is 7.33. The maximum absolute atomic E-state index is 7.33. The van der Waals surface area contributed by atoms with Gasteiger partial charge >= 0.3 is 109 Å². The van der Waals surface area contributed by atoms with Crippen LogP contribution >= 0.6 is 0 Å². The minimum Gasteiger partial charge on any atom is -0.368 e. The summed E-state index contributed by atoms with van der Waals surface area (Å²) in [7, 11) is -55.3. The van der Waals surface area contributed by atoms with Gasteiger partial charge in [-0.15, -0.1) is 0 Å². The third kappa shape index (κ3) is 419000. The molecule has 0 fully saturated rings. The molecule has 0 unspecified atom stereocenters. The highest BCUT2D eigenvalue weighted by molar-refractivity contribution is 6.49. The zero-order valence-electron chi connectivity index (χ0n) is 27.5. The second kappa shape index (κ2) is 38.9. The van der Waals surface area contributed by atoms with E-state index in [1.165, 1.54) is 0 Å². The van der Waals surface area contributed by atoms with Crippen molar-refractivity contribution >= 4 is 109 Å². The fourth-order valence-corrected chi connectivity index (χ4v) is 0. The van der Waals surface area contributed by atoms with Gasteiger partial charge in [-0.25, -0.2) is 0 Å². The second-order valence-corrected chi connectivity index (χ2v) is 21.6. The normalized spacial score (nSPS) is 12.0. The van der Waals surface area contributed by atoms with Crippen LogP contribution in [0, 0.1) is 0 Å². The van der Waals surface area contributed by atoms with Crippen molar-refractivity contribution in [1.29, 1.82) is 0 Å². The monoisotopic (exact) mass is 1150 g/mol. The van der Waals surface area contributed by atoms with Gasteiger partial charge in [0.25, 0.3) is 0 Å². The molecule has 48 nitrogen and oxygen atoms in total. The Morgan fingerprint density at radius 3 is 0.0667 bits per heavy atom. The van der Waals surface area contributed by atoms with Crippen molar-refractivity contribution in [3.05, 3.63) is 0 Å². The van der Waals surface area contributed by atoms with E-state index in [1.807, 2.05) is 0 Å². The van der Waals surface area contributed by atoms with Gasteiger partial charge in [0.1, 0.15) is 0 Å². The Kier molecular flexibility index (Phi) is 59.1.